The minimum Gasteiger partial charge on any atom is -0.385 e. The molecule has 0 saturated carbocycles. The predicted molar refractivity (Wildman–Crippen MR) is 61.9 cm³/mol. The maximum absolute atomic E-state index is 8.00. The monoisotopic (exact) mass is 214 g/mol. The Balaban J connectivity index is 0. The highest BCUT2D eigenvalue weighted by Gasteiger charge is 1.92. The zero-order valence-electron chi connectivity index (χ0n) is 10.2. The summed E-state index contributed by atoms with van der Waals surface area (Å²) in [7, 11) is 1.72. The molecule has 0 amide bonds. The third-order valence-electron chi connectivity index (χ3n) is 1.50. The number of methoxy groups -OCH3 is 1. The van der Waals surface area contributed by atoms with Crippen LogP contribution in [-0.2, 0) is 16.1 Å². The van der Waals surface area contributed by atoms with Gasteiger partial charge in [0.25, 0.3) is 0 Å². The Bertz CT molecular complexity index is 224. The van der Waals surface area contributed by atoms with Crippen LogP contribution < -0.4 is 0 Å². The van der Waals surface area contributed by atoms with E-state index in [1.807, 2.05) is 44.6 Å². The van der Waals surface area contributed by atoms with Crippen LogP contribution in [0, 0.1) is 6.92 Å². The van der Waals surface area contributed by atoms with E-state index in [0.717, 1.165) is 19.6 Å². The summed E-state index contributed by atoms with van der Waals surface area (Å²) >= 11 is 0. The van der Waals surface area contributed by atoms with Crippen LogP contribution in [0.1, 0.15) is 25.8 Å². The molecule has 0 fully saturated rings. The van der Waals surface area contributed by atoms with Crippen LogP contribution in [0.15, 0.2) is 12.4 Å². The first-order chi connectivity index (χ1) is 7.33. The van der Waals surface area contributed by atoms with Crippen molar-refractivity contribution < 1.29 is 9.53 Å². The van der Waals surface area contributed by atoms with Gasteiger partial charge in [-0.3, -0.25) is 4.68 Å². The largest absolute Gasteiger partial charge is 0.385 e. The molecule has 0 aliphatic heterocycles. The summed E-state index contributed by atoms with van der Waals surface area (Å²) in [5.74, 6) is 0. The van der Waals surface area contributed by atoms with Crippen LogP contribution in [0.5, 0.6) is 0 Å². The third-order valence-corrected chi connectivity index (χ3v) is 1.50. The van der Waals surface area contributed by atoms with Gasteiger partial charge in [0.15, 0.2) is 0 Å². The highest BCUT2D eigenvalue weighted by molar-refractivity contribution is 5.11. The van der Waals surface area contributed by atoms with Crippen molar-refractivity contribution in [1.82, 2.24) is 9.78 Å². The van der Waals surface area contributed by atoms with Gasteiger partial charge >= 0.3 is 0 Å². The summed E-state index contributed by atoms with van der Waals surface area (Å²) in [6, 6.07) is 0. The third kappa shape index (κ3) is 9.15. The summed E-state index contributed by atoms with van der Waals surface area (Å²) in [4.78, 5) is 8.00. The van der Waals surface area contributed by atoms with Gasteiger partial charge in [-0.25, -0.2) is 0 Å². The normalized spacial score (nSPS) is 8.27. The zero-order chi connectivity index (χ0) is 12.1. The van der Waals surface area contributed by atoms with E-state index < -0.39 is 0 Å². The summed E-state index contributed by atoms with van der Waals surface area (Å²) < 4.78 is 6.87. The first-order valence-electron chi connectivity index (χ1n) is 5.10. The Kier molecular flexibility index (Phi) is 13.9. The highest BCUT2D eigenvalue weighted by atomic mass is 16.5. The van der Waals surface area contributed by atoms with Crippen molar-refractivity contribution in [1.29, 1.82) is 0 Å². The maximum Gasteiger partial charge on any atom is 0.106 e. The Morgan fingerprint density at radius 1 is 1.47 bits per heavy atom. The van der Waals surface area contributed by atoms with Crippen LogP contribution in [0.3, 0.4) is 0 Å². The van der Waals surface area contributed by atoms with Gasteiger partial charge in [0.1, 0.15) is 6.79 Å². The number of nitrogens with zero attached hydrogens (tertiary/aromatic N) is 2. The second kappa shape index (κ2) is 12.8. The fourth-order valence-corrected chi connectivity index (χ4v) is 0.960. The fraction of sp³-hybridized carbons (Fsp3) is 0.636. The Morgan fingerprint density at radius 3 is 2.47 bits per heavy atom. The summed E-state index contributed by atoms with van der Waals surface area (Å²) in [6.07, 6.45) is 4.93. The van der Waals surface area contributed by atoms with Gasteiger partial charge in [0, 0.05) is 26.5 Å². The van der Waals surface area contributed by atoms with E-state index >= 15 is 0 Å². The van der Waals surface area contributed by atoms with E-state index in [2.05, 4.69) is 5.10 Å². The van der Waals surface area contributed by atoms with Crippen LogP contribution in [-0.4, -0.2) is 30.3 Å². The molecule has 0 N–H and O–H groups in total. The minimum absolute atomic E-state index is 0.804. The molecule has 0 saturated heterocycles. The quantitative estimate of drug-likeness (QED) is 0.721. The van der Waals surface area contributed by atoms with E-state index in [0.29, 0.717) is 0 Å². The number of carbonyl (C=O) groups is 1. The van der Waals surface area contributed by atoms with Gasteiger partial charge in [-0.05, 0) is 18.9 Å². The average Bonchev–Trinajstić information content (AvgIpc) is 2.71. The van der Waals surface area contributed by atoms with Crippen molar-refractivity contribution in [2.75, 3.05) is 13.7 Å². The van der Waals surface area contributed by atoms with Gasteiger partial charge < -0.3 is 9.53 Å². The molecular weight excluding hydrogens is 192 g/mol. The lowest BCUT2D eigenvalue weighted by Crippen LogP contribution is -2.01. The van der Waals surface area contributed by atoms with E-state index in [1.54, 1.807) is 7.11 Å². The molecule has 1 rings (SSSR count). The van der Waals surface area contributed by atoms with E-state index in [9.17, 15) is 0 Å². The van der Waals surface area contributed by atoms with Crippen LogP contribution >= 0.6 is 0 Å². The lowest BCUT2D eigenvalue weighted by atomic mass is 10.4. The number of rotatable bonds is 4. The topological polar surface area (TPSA) is 44.1 Å². The molecule has 4 nitrogen and oxygen atoms in total. The Hall–Kier alpha value is -1.16. The standard InChI is InChI=1S/C8H14N2O.C2H6.CH2O/c1-8-6-9-10(7-8)4-3-5-11-2;2*1-2/h6-7H,3-5H2,1-2H3;1-2H3;1H2. The Labute approximate surface area is 92.2 Å². The number of hydrogen-bond donors (Lipinski definition) is 0. The van der Waals surface area contributed by atoms with E-state index in [4.69, 9.17) is 9.53 Å². The summed E-state index contributed by atoms with van der Waals surface area (Å²) in [6.45, 7) is 9.79. The van der Waals surface area contributed by atoms with Gasteiger partial charge in [-0.2, -0.15) is 5.10 Å². The second-order valence-corrected chi connectivity index (χ2v) is 2.63. The molecular formula is C11H22N2O2. The lowest BCUT2D eigenvalue weighted by molar-refractivity contribution is -0.0979. The van der Waals surface area contributed by atoms with Gasteiger partial charge in [0.2, 0.25) is 0 Å². The van der Waals surface area contributed by atoms with Crippen LogP contribution in [0.4, 0.5) is 0 Å². The van der Waals surface area contributed by atoms with E-state index in [1.165, 1.54) is 5.56 Å². The molecule has 0 bridgehead atoms. The SMILES string of the molecule is C=O.CC.COCCCn1cc(C)cn1. The number of aromatic nitrogens is 2. The molecule has 0 unspecified atom stereocenters. The molecule has 88 valence electrons. The van der Waals surface area contributed by atoms with Crippen molar-refractivity contribution in [3.8, 4) is 0 Å². The molecule has 0 aliphatic rings. The molecule has 1 aromatic heterocycles. The summed E-state index contributed by atoms with van der Waals surface area (Å²) in [5.41, 5.74) is 1.21. The molecule has 4 heteroatoms. The zero-order valence-corrected chi connectivity index (χ0v) is 10.2. The molecule has 0 aliphatic carbocycles. The molecule has 1 aromatic rings. The van der Waals surface area contributed by atoms with Crippen molar-refractivity contribution in [2.24, 2.45) is 0 Å². The number of aryl methyl sites for hydroxylation is 2. The first-order valence-corrected chi connectivity index (χ1v) is 5.10. The van der Waals surface area contributed by atoms with E-state index in [-0.39, 0.29) is 0 Å². The summed E-state index contributed by atoms with van der Waals surface area (Å²) in [5, 5.41) is 4.15. The maximum atomic E-state index is 8.00. The smallest absolute Gasteiger partial charge is 0.106 e. The fourth-order valence-electron chi connectivity index (χ4n) is 0.960. The molecule has 0 aromatic carbocycles. The first kappa shape index (κ1) is 16.3. The molecule has 1 heterocycles. The van der Waals surface area contributed by atoms with Gasteiger partial charge in [-0.1, -0.05) is 13.8 Å². The molecule has 15 heavy (non-hydrogen) atoms. The molecule has 0 atom stereocenters. The number of ether oxygens (including phenoxy) is 1. The average molecular weight is 214 g/mol. The van der Waals surface area contributed by atoms with Crippen molar-refractivity contribution in [2.45, 2.75) is 33.7 Å². The van der Waals surface area contributed by atoms with Crippen molar-refractivity contribution in [3.05, 3.63) is 18.0 Å². The number of carbonyl (C=O) groups excluding carboxylic acids is 1. The molecule has 0 radical (unpaired) electrons. The van der Waals surface area contributed by atoms with Gasteiger partial charge in [0.05, 0.1) is 6.20 Å². The Morgan fingerprint density at radius 2 is 2.07 bits per heavy atom. The number of hydrogen-bond acceptors (Lipinski definition) is 3. The van der Waals surface area contributed by atoms with Crippen molar-refractivity contribution >= 4 is 6.79 Å². The highest BCUT2D eigenvalue weighted by Crippen LogP contribution is 1.95. The van der Waals surface area contributed by atoms with Crippen LogP contribution in [0.2, 0.25) is 0 Å². The van der Waals surface area contributed by atoms with Crippen molar-refractivity contribution in [3.63, 3.8) is 0 Å². The lowest BCUT2D eigenvalue weighted by Gasteiger charge is -1.98. The minimum atomic E-state index is 0.804. The molecule has 0 spiro atoms. The second-order valence-electron chi connectivity index (χ2n) is 2.63. The predicted octanol–water partition coefficient (Wildman–Crippen LogP) is 2.07. The van der Waals surface area contributed by atoms with Crippen LogP contribution in [0.25, 0.3) is 0 Å². The van der Waals surface area contributed by atoms with Gasteiger partial charge in [-0.15, -0.1) is 0 Å².